The molecule has 18 heavy (non-hydrogen) atoms. The first-order chi connectivity index (χ1) is 7.70. The molecule has 0 radical (unpaired) electrons. The maximum Gasteiger partial charge on any atom is 0.215 e. The summed E-state index contributed by atoms with van der Waals surface area (Å²) in [6.07, 6.45) is 0. The lowest BCUT2D eigenvalue weighted by Gasteiger charge is -2.19. The minimum Gasteiger partial charge on any atom is -0.324 e. The molecule has 0 bridgehead atoms. The van der Waals surface area contributed by atoms with Gasteiger partial charge in [-0.2, -0.15) is 0 Å². The van der Waals surface area contributed by atoms with Crippen LogP contribution in [0.15, 0.2) is 24.3 Å². The molecule has 0 atom stereocenters. The first kappa shape index (κ1) is 17.7. The summed E-state index contributed by atoms with van der Waals surface area (Å²) in [5.74, 6) is -0.136. The van der Waals surface area contributed by atoms with E-state index < -0.39 is 15.6 Å². The Morgan fingerprint density at radius 3 is 2.39 bits per heavy atom. The van der Waals surface area contributed by atoms with E-state index >= 15 is 0 Å². The molecule has 4 nitrogen and oxygen atoms in total. The van der Waals surface area contributed by atoms with Crippen molar-refractivity contribution < 1.29 is 8.42 Å². The Bertz CT molecular complexity index is 484. The summed E-state index contributed by atoms with van der Waals surface area (Å²) in [5, 5.41) is 0.449. The summed E-state index contributed by atoms with van der Waals surface area (Å²) in [6, 6.07) is 6.87. The summed E-state index contributed by atoms with van der Waals surface area (Å²) in [7, 11) is -3.40. The molecule has 0 aliphatic heterocycles. The average Bonchev–Trinajstić information content (AvgIpc) is 2.18. The molecule has 0 saturated carbocycles. The van der Waals surface area contributed by atoms with Gasteiger partial charge in [0, 0.05) is 17.1 Å². The molecule has 0 aliphatic carbocycles. The molecular weight excluding hydrogens is 295 g/mol. The van der Waals surface area contributed by atoms with Gasteiger partial charge in [0.15, 0.2) is 0 Å². The Morgan fingerprint density at radius 1 is 1.33 bits per heavy atom. The number of hydrogen-bond acceptors (Lipinski definition) is 3. The van der Waals surface area contributed by atoms with Gasteiger partial charge in [-0.05, 0) is 25.5 Å². The second kappa shape index (κ2) is 6.73. The monoisotopic (exact) mass is 312 g/mol. The molecular formula is C11H18Cl2N2O2S. The summed E-state index contributed by atoms with van der Waals surface area (Å²) in [4.78, 5) is 0. The number of halogens is 2. The van der Waals surface area contributed by atoms with Gasteiger partial charge in [0.05, 0.1) is 5.75 Å². The van der Waals surface area contributed by atoms with Crippen LogP contribution in [0.4, 0.5) is 0 Å². The van der Waals surface area contributed by atoms with E-state index in [0.29, 0.717) is 10.6 Å². The van der Waals surface area contributed by atoms with Crippen molar-refractivity contribution in [2.24, 2.45) is 5.73 Å². The highest BCUT2D eigenvalue weighted by atomic mass is 35.5. The van der Waals surface area contributed by atoms with Gasteiger partial charge >= 0.3 is 0 Å². The van der Waals surface area contributed by atoms with Gasteiger partial charge in [-0.3, -0.25) is 0 Å². The third-order valence-corrected chi connectivity index (χ3v) is 3.69. The zero-order chi connectivity index (χ0) is 13.1. The molecule has 0 spiro atoms. The van der Waals surface area contributed by atoms with Crippen molar-refractivity contribution >= 4 is 34.0 Å². The fourth-order valence-electron chi connectivity index (χ4n) is 1.17. The number of nitrogens with two attached hydrogens (primary N) is 1. The smallest absolute Gasteiger partial charge is 0.215 e. The fraction of sp³-hybridized carbons (Fsp3) is 0.455. The second-order valence-electron chi connectivity index (χ2n) is 4.66. The molecule has 1 rings (SSSR count). The SMILES string of the molecule is CC(C)(N)CNS(=O)(=O)Cc1ccccc1Cl.Cl. The highest BCUT2D eigenvalue weighted by Gasteiger charge is 2.18. The van der Waals surface area contributed by atoms with Crippen LogP contribution in [0.25, 0.3) is 0 Å². The van der Waals surface area contributed by atoms with Gasteiger partial charge in [0.2, 0.25) is 10.0 Å². The summed E-state index contributed by atoms with van der Waals surface area (Å²) in [6.45, 7) is 3.70. The van der Waals surface area contributed by atoms with Crippen LogP contribution in [0.2, 0.25) is 5.02 Å². The Morgan fingerprint density at radius 2 is 1.89 bits per heavy atom. The van der Waals surface area contributed by atoms with E-state index in [4.69, 9.17) is 17.3 Å². The van der Waals surface area contributed by atoms with Crippen molar-refractivity contribution in [1.29, 1.82) is 0 Å². The van der Waals surface area contributed by atoms with Crippen LogP contribution in [0.3, 0.4) is 0 Å². The predicted octanol–water partition coefficient (Wildman–Crippen LogP) is 1.92. The largest absolute Gasteiger partial charge is 0.324 e. The number of hydrogen-bond donors (Lipinski definition) is 2. The third kappa shape index (κ3) is 6.56. The zero-order valence-electron chi connectivity index (χ0n) is 10.3. The van der Waals surface area contributed by atoms with Crippen LogP contribution in [0.5, 0.6) is 0 Å². The fourth-order valence-corrected chi connectivity index (χ4v) is 2.80. The molecule has 0 unspecified atom stereocenters. The molecule has 0 amide bonds. The van der Waals surface area contributed by atoms with Gasteiger partial charge in [-0.1, -0.05) is 29.8 Å². The highest BCUT2D eigenvalue weighted by molar-refractivity contribution is 7.88. The van der Waals surface area contributed by atoms with E-state index in [0.717, 1.165) is 0 Å². The van der Waals surface area contributed by atoms with Crippen molar-refractivity contribution in [2.45, 2.75) is 25.1 Å². The van der Waals surface area contributed by atoms with E-state index in [1.165, 1.54) is 0 Å². The molecule has 0 heterocycles. The molecule has 3 N–H and O–H groups in total. The summed E-state index contributed by atoms with van der Waals surface area (Å²) in [5.41, 5.74) is 5.72. The van der Waals surface area contributed by atoms with Crippen molar-refractivity contribution in [1.82, 2.24) is 4.72 Å². The van der Waals surface area contributed by atoms with E-state index in [2.05, 4.69) is 4.72 Å². The second-order valence-corrected chi connectivity index (χ2v) is 6.87. The van der Waals surface area contributed by atoms with E-state index in [-0.39, 0.29) is 24.7 Å². The van der Waals surface area contributed by atoms with Gasteiger partial charge in [-0.15, -0.1) is 12.4 Å². The zero-order valence-corrected chi connectivity index (χ0v) is 12.7. The van der Waals surface area contributed by atoms with Gasteiger partial charge in [0.1, 0.15) is 0 Å². The van der Waals surface area contributed by atoms with Crippen LogP contribution in [0, 0.1) is 0 Å². The molecule has 1 aromatic carbocycles. The quantitative estimate of drug-likeness (QED) is 0.872. The summed E-state index contributed by atoms with van der Waals surface area (Å²) >= 11 is 5.90. The molecule has 0 aromatic heterocycles. The van der Waals surface area contributed by atoms with Crippen molar-refractivity contribution in [3.63, 3.8) is 0 Å². The van der Waals surface area contributed by atoms with Crippen LogP contribution >= 0.6 is 24.0 Å². The number of rotatable bonds is 5. The Balaban J connectivity index is 0.00000289. The van der Waals surface area contributed by atoms with E-state index in [1.807, 2.05) is 0 Å². The molecule has 104 valence electrons. The highest BCUT2D eigenvalue weighted by Crippen LogP contribution is 2.17. The van der Waals surface area contributed by atoms with Crippen LogP contribution in [0.1, 0.15) is 19.4 Å². The van der Waals surface area contributed by atoms with Crippen molar-refractivity contribution in [3.8, 4) is 0 Å². The van der Waals surface area contributed by atoms with Crippen molar-refractivity contribution in [3.05, 3.63) is 34.9 Å². The van der Waals surface area contributed by atoms with Gasteiger partial charge in [0.25, 0.3) is 0 Å². The Hall–Kier alpha value is -0.330. The molecule has 7 heteroatoms. The Kier molecular flexibility index (Phi) is 6.60. The lowest BCUT2D eigenvalue weighted by atomic mass is 10.1. The molecule has 0 saturated heterocycles. The molecule has 0 aliphatic rings. The average molecular weight is 313 g/mol. The predicted molar refractivity (Wildman–Crippen MR) is 77.6 cm³/mol. The van der Waals surface area contributed by atoms with Crippen LogP contribution in [-0.2, 0) is 15.8 Å². The normalized spacial score (nSPS) is 12.0. The first-order valence-corrected chi connectivity index (χ1v) is 7.22. The van der Waals surface area contributed by atoms with E-state index in [9.17, 15) is 8.42 Å². The molecule has 0 fully saturated rings. The van der Waals surface area contributed by atoms with Gasteiger partial charge < -0.3 is 5.73 Å². The summed E-state index contributed by atoms with van der Waals surface area (Å²) < 4.78 is 26.0. The lowest BCUT2D eigenvalue weighted by Crippen LogP contribution is -2.45. The Labute approximate surface area is 119 Å². The molecule has 1 aromatic rings. The van der Waals surface area contributed by atoms with Crippen molar-refractivity contribution in [2.75, 3.05) is 6.54 Å². The topological polar surface area (TPSA) is 72.2 Å². The third-order valence-electron chi connectivity index (χ3n) is 2.05. The van der Waals surface area contributed by atoms with Crippen LogP contribution in [-0.4, -0.2) is 20.5 Å². The first-order valence-electron chi connectivity index (χ1n) is 5.19. The standard InChI is InChI=1S/C11H17ClN2O2S.ClH/c1-11(2,13)8-14-17(15,16)7-9-5-3-4-6-10(9)12;/h3-6,14H,7-8,13H2,1-2H3;1H. The lowest BCUT2D eigenvalue weighted by molar-refractivity contribution is 0.497. The maximum absolute atomic E-state index is 11.8. The number of sulfonamides is 1. The maximum atomic E-state index is 11.8. The van der Waals surface area contributed by atoms with Gasteiger partial charge in [-0.25, -0.2) is 13.1 Å². The van der Waals surface area contributed by atoms with E-state index in [1.54, 1.807) is 38.1 Å². The minimum atomic E-state index is -3.40. The number of benzene rings is 1. The number of nitrogens with one attached hydrogen (secondary N) is 1. The minimum absolute atomic E-state index is 0. The van der Waals surface area contributed by atoms with Crippen LogP contribution < -0.4 is 10.5 Å².